The van der Waals surface area contributed by atoms with E-state index >= 15 is 0 Å². The number of carbonyl (C=O) groups is 1. The molecule has 0 bridgehead atoms. The molecular weight excluding hydrogens is 270 g/mol. The molecule has 1 N–H and O–H groups in total. The molecule has 1 aromatic rings. The summed E-state index contributed by atoms with van der Waals surface area (Å²) in [4.78, 5) is 14.5. The highest BCUT2D eigenvalue weighted by atomic mass is 16.5. The standard InChI is InChI=1S/C15H25N3O3/c1-5-18-14(6-13(16-18)10(2)3)15(20)17-7-11(4)21-12(8-17)9-19/h6,10-12,19H,5,7-9H2,1-4H3. The average Bonchev–Trinajstić information content (AvgIpc) is 2.90. The number of aliphatic hydroxyl groups is 1. The number of morpholine rings is 1. The van der Waals surface area contributed by atoms with Crippen LogP contribution in [0.5, 0.6) is 0 Å². The zero-order chi connectivity index (χ0) is 15.6. The molecule has 6 nitrogen and oxygen atoms in total. The van der Waals surface area contributed by atoms with Crippen LogP contribution in [0.3, 0.4) is 0 Å². The van der Waals surface area contributed by atoms with Crippen LogP contribution in [0.1, 0.15) is 49.8 Å². The Kier molecular flexibility index (Phi) is 5.00. The van der Waals surface area contributed by atoms with E-state index in [1.165, 1.54) is 0 Å². The van der Waals surface area contributed by atoms with Gasteiger partial charge in [-0.3, -0.25) is 9.48 Å². The fraction of sp³-hybridized carbons (Fsp3) is 0.733. The number of rotatable bonds is 4. The zero-order valence-corrected chi connectivity index (χ0v) is 13.2. The number of aromatic nitrogens is 2. The Balaban J connectivity index is 2.22. The van der Waals surface area contributed by atoms with Crippen LogP contribution in [0.25, 0.3) is 0 Å². The normalized spacial score (nSPS) is 22.9. The monoisotopic (exact) mass is 295 g/mol. The van der Waals surface area contributed by atoms with Crippen LogP contribution in [-0.4, -0.2) is 57.6 Å². The third-order valence-electron chi connectivity index (χ3n) is 3.73. The summed E-state index contributed by atoms with van der Waals surface area (Å²) in [7, 11) is 0. The van der Waals surface area contributed by atoms with Crippen LogP contribution >= 0.6 is 0 Å². The summed E-state index contributed by atoms with van der Waals surface area (Å²) < 4.78 is 7.34. The smallest absolute Gasteiger partial charge is 0.272 e. The minimum Gasteiger partial charge on any atom is -0.394 e. The first kappa shape index (κ1) is 16.0. The van der Waals surface area contributed by atoms with Crippen molar-refractivity contribution in [1.82, 2.24) is 14.7 Å². The minimum atomic E-state index is -0.305. The zero-order valence-electron chi connectivity index (χ0n) is 13.2. The van der Waals surface area contributed by atoms with Crippen molar-refractivity contribution in [3.05, 3.63) is 17.5 Å². The highest BCUT2D eigenvalue weighted by molar-refractivity contribution is 5.92. The summed E-state index contributed by atoms with van der Waals surface area (Å²) in [6.45, 7) is 9.58. The molecule has 1 aliphatic rings. The second-order valence-electron chi connectivity index (χ2n) is 5.89. The number of hydrogen-bond acceptors (Lipinski definition) is 4. The van der Waals surface area contributed by atoms with Crippen molar-refractivity contribution in [1.29, 1.82) is 0 Å². The van der Waals surface area contributed by atoms with Gasteiger partial charge in [0.05, 0.1) is 24.5 Å². The molecule has 2 rings (SSSR count). The number of aliphatic hydroxyl groups excluding tert-OH is 1. The predicted molar refractivity (Wildman–Crippen MR) is 79.3 cm³/mol. The van der Waals surface area contributed by atoms with Crippen molar-refractivity contribution in [2.45, 2.75) is 52.4 Å². The molecule has 0 aliphatic carbocycles. The number of amides is 1. The van der Waals surface area contributed by atoms with Gasteiger partial charge in [0.25, 0.3) is 5.91 Å². The first-order valence-electron chi connectivity index (χ1n) is 7.59. The van der Waals surface area contributed by atoms with Crippen molar-refractivity contribution >= 4 is 5.91 Å². The van der Waals surface area contributed by atoms with E-state index < -0.39 is 0 Å². The van der Waals surface area contributed by atoms with Gasteiger partial charge in [0.1, 0.15) is 5.69 Å². The average molecular weight is 295 g/mol. The first-order chi connectivity index (χ1) is 9.96. The predicted octanol–water partition coefficient (Wildman–Crippen LogP) is 1.25. The molecule has 2 heterocycles. The van der Waals surface area contributed by atoms with E-state index in [9.17, 15) is 9.90 Å². The van der Waals surface area contributed by atoms with Crippen molar-refractivity contribution in [2.24, 2.45) is 0 Å². The lowest BCUT2D eigenvalue weighted by Gasteiger charge is -2.36. The number of nitrogens with zero attached hydrogens (tertiary/aromatic N) is 3. The molecular formula is C15H25N3O3. The summed E-state index contributed by atoms with van der Waals surface area (Å²) in [5.41, 5.74) is 1.55. The molecule has 1 amide bonds. The van der Waals surface area contributed by atoms with E-state index in [0.717, 1.165) is 5.69 Å². The molecule has 2 unspecified atom stereocenters. The van der Waals surface area contributed by atoms with Crippen LogP contribution in [0, 0.1) is 0 Å². The number of ether oxygens (including phenoxy) is 1. The molecule has 0 spiro atoms. The summed E-state index contributed by atoms with van der Waals surface area (Å²) >= 11 is 0. The minimum absolute atomic E-state index is 0.0372. The number of aryl methyl sites for hydroxylation is 1. The molecule has 2 atom stereocenters. The van der Waals surface area contributed by atoms with Gasteiger partial charge in [-0.25, -0.2) is 0 Å². The van der Waals surface area contributed by atoms with Gasteiger partial charge in [-0.05, 0) is 25.8 Å². The van der Waals surface area contributed by atoms with Gasteiger partial charge in [-0.15, -0.1) is 0 Å². The van der Waals surface area contributed by atoms with Crippen LogP contribution in [-0.2, 0) is 11.3 Å². The fourth-order valence-electron chi connectivity index (χ4n) is 2.61. The fourth-order valence-corrected chi connectivity index (χ4v) is 2.61. The Morgan fingerprint density at radius 1 is 1.52 bits per heavy atom. The third-order valence-corrected chi connectivity index (χ3v) is 3.73. The van der Waals surface area contributed by atoms with Crippen LogP contribution in [0.2, 0.25) is 0 Å². The van der Waals surface area contributed by atoms with E-state index in [4.69, 9.17) is 4.74 Å². The summed E-state index contributed by atoms with van der Waals surface area (Å²) in [5, 5.41) is 13.8. The van der Waals surface area contributed by atoms with Crippen LogP contribution in [0.4, 0.5) is 0 Å². The maximum atomic E-state index is 12.8. The Morgan fingerprint density at radius 2 is 2.24 bits per heavy atom. The van der Waals surface area contributed by atoms with Crippen molar-refractivity contribution in [3.8, 4) is 0 Å². The largest absolute Gasteiger partial charge is 0.394 e. The molecule has 21 heavy (non-hydrogen) atoms. The molecule has 1 aromatic heterocycles. The van der Waals surface area contributed by atoms with Gasteiger partial charge in [0.15, 0.2) is 0 Å². The van der Waals surface area contributed by atoms with Crippen molar-refractivity contribution in [2.75, 3.05) is 19.7 Å². The molecule has 0 saturated carbocycles. The SMILES string of the molecule is CCn1nc(C(C)C)cc1C(=O)N1CC(C)OC(CO)C1. The lowest BCUT2D eigenvalue weighted by molar-refractivity contribution is -0.0860. The molecule has 1 saturated heterocycles. The first-order valence-corrected chi connectivity index (χ1v) is 7.59. The Morgan fingerprint density at radius 3 is 2.81 bits per heavy atom. The van der Waals surface area contributed by atoms with E-state index in [0.29, 0.717) is 25.3 Å². The Bertz CT molecular complexity index is 498. The second-order valence-corrected chi connectivity index (χ2v) is 5.89. The molecule has 6 heteroatoms. The van der Waals surface area contributed by atoms with Crippen molar-refractivity contribution < 1.29 is 14.6 Å². The molecule has 1 aliphatic heterocycles. The van der Waals surface area contributed by atoms with Gasteiger partial charge in [0, 0.05) is 19.6 Å². The van der Waals surface area contributed by atoms with Gasteiger partial charge in [-0.2, -0.15) is 5.10 Å². The highest BCUT2D eigenvalue weighted by Crippen LogP contribution is 2.18. The second kappa shape index (κ2) is 6.58. The third kappa shape index (κ3) is 3.44. The van der Waals surface area contributed by atoms with Crippen LogP contribution in [0.15, 0.2) is 6.07 Å². The summed E-state index contributed by atoms with van der Waals surface area (Å²) in [6.07, 6.45) is -0.373. The van der Waals surface area contributed by atoms with Gasteiger partial charge in [-0.1, -0.05) is 13.8 Å². The molecule has 0 radical (unpaired) electrons. The topological polar surface area (TPSA) is 67.6 Å². The van der Waals surface area contributed by atoms with E-state index in [1.807, 2.05) is 19.9 Å². The van der Waals surface area contributed by atoms with E-state index in [-0.39, 0.29) is 30.6 Å². The van der Waals surface area contributed by atoms with Gasteiger partial charge in [0.2, 0.25) is 0 Å². The molecule has 118 valence electrons. The molecule has 1 fully saturated rings. The number of hydrogen-bond donors (Lipinski definition) is 1. The Hall–Kier alpha value is -1.40. The van der Waals surface area contributed by atoms with E-state index in [1.54, 1.807) is 9.58 Å². The van der Waals surface area contributed by atoms with Crippen molar-refractivity contribution in [3.63, 3.8) is 0 Å². The van der Waals surface area contributed by atoms with Crippen LogP contribution < -0.4 is 0 Å². The summed E-state index contributed by atoms with van der Waals surface area (Å²) in [5.74, 6) is 0.253. The maximum absolute atomic E-state index is 12.8. The number of carbonyl (C=O) groups excluding carboxylic acids is 1. The van der Waals surface area contributed by atoms with E-state index in [2.05, 4.69) is 18.9 Å². The lowest BCUT2D eigenvalue weighted by atomic mass is 10.1. The Labute approximate surface area is 125 Å². The maximum Gasteiger partial charge on any atom is 0.272 e. The quantitative estimate of drug-likeness (QED) is 0.907. The lowest BCUT2D eigenvalue weighted by Crippen LogP contribution is -2.50. The summed E-state index contributed by atoms with van der Waals surface area (Å²) in [6, 6.07) is 1.88. The van der Waals surface area contributed by atoms with Gasteiger partial charge >= 0.3 is 0 Å². The van der Waals surface area contributed by atoms with Gasteiger partial charge < -0.3 is 14.7 Å². The molecule has 0 aromatic carbocycles. The highest BCUT2D eigenvalue weighted by Gasteiger charge is 2.30.